The van der Waals surface area contributed by atoms with Crippen LogP contribution in [0.2, 0.25) is 0 Å². The minimum absolute atomic E-state index is 0.101. The lowest BCUT2D eigenvalue weighted by atomic mass is 10.2. The van der Waals surface area contributed by atoms with Crippen LogP contribution in [0.15, 0.2) is 47.5 Å². The maximum atomic E-state index is 12.7. The van der Waals surface area contributed by atoms with E-state index in [2.05, 4.69) is 11.1 Å². The van der Waals surface area contributed by atoms with Crippen molar-refractivity contribution in [3.05, 3.63) is 58.3 Å². The van der Waals surface area contributed by atoms with Crippen LogP contribution in [0.5, 0.6) is 0 Å². The van der Waals surface area contributed by atoms with Gasteiger partial charge in [-0.25, -0.2) is 13.4 Å². The zero-order valence-electron chi connectivity index (χ0n) is 13.6. The molecule has 1 aromatic heterocycles. The number of nitro groups is 1. The second-order valence-electron chi connectivity index (χ2n) is 5.63. The van der Waals surface area contributed by atoms with E-state index < -0.39 is 14.9 Å². The Morgan fingerprint density at radius 1 is 1.15 bits per heavy atom. The molecule has 1 fully saturated rings. The van der Waals surface area contributed by atoms with Crippen LogP contribution in [0.1, 0.15) is 5.56 Å². The molecular formula is C16H15N5O4S. The van der Waals surface area contributed by atoms with Crippen LogP contribution in [-0.2, 0) is 10.0 Å². The Hall–Kier alpha value is -3.03. The number of nitrogens with zero attached hydrogens (tertiary/aromatic N) is 5. The summed E-state index contributed by atoms with van der Waals surface area (Å²) < 4.78 is 26.8. The third kappa shape index (κ3) is 3.35. The normalized spacial score (nSPS) is 15.4. The Balaban J connectivity index is 1.78. The first-order chi connectivity index (χ1) is 12.4. The third-order valence-electron chi connectivity index (χ3n) is 4.11. The molecule has 2 aromatic rings. The first-order valence-corrected chi connectivity index (χ1v) is 9.22. The van der Waals surface area contributed by atoms with Crippen molar-refractivity contribution < 1.29 is 13.3 Å². The molecule has 0 aliphatic carbocycles. The van der Waals surface area contributed by atoms with Gasteiger partial charge in [0, 0.05) is 44.5 Å². The Bertz CT molecular complexity index is 978. The Morgan fingerprint density at radius 3 is 2.54 bits per heavy atom. The summed E-state index contributed by atoms with van der Waals surface area (Å²) in [7, 11) is -3.82. The first kappa shape index (κ1) is 17.8. The SMILES string of the molecule is N#Cc1cccnc1N1CCN(S(=O)(=O)c2cccc([N+](=O)[O-])c2)CC1. The summed E-state index contributed by atoms with van der Waals surface area (Å²) in [6.45, 7) is 1.15. The molecule has 3 rings (SSSR count). The molecule has 0 radical (unpaired) electrons. The fourth-order valence-corrected chi connectivity index (χ4v) is 4.25. The van der Waals surface area contributed by atoms with Crippen LogP contribution in [0.3, 0.4) is 0 Å². The van der Waals surface area contributed by atoms with Crippen LogP contribution < -0.4 is 4.90 Å². The van der Waals surface area contributed by atoms with Crippen LogP contribution in [-0.4, -0.2) is 48.8 Å². The van der Waals surface area contributed by atoms with Crippen LogP contribution >= 0.6 is 0 Å². The van der Waals surface area contributed by atoms with Gasteiger partial charge in [0.2, 0.25) is 10.0 Å². The van der Waals surface area contributed by atoms with Crippen molar-refractivity contribution in [2.24, 2.45) is 0 Å². The number of hydrogen-bond acceptors (Lipinski definition) is 7. The van der Waals surface area contributed by atoms with Crippen molar-refractivity contribution in [3.63, 3.8) is 0 Å². The van der Waals surface area contributed by atoms with Gasteiger partial charge in [-0.05, 0) is 18.2 Å². The van der Waals surface area contributed by atoms with Gasteiger partial charge in [0.15, 0.2) is 0 Å². The summed E-state index contributed by atoms with van der Waals surface area (Å²) >= 11 is 0. The van der Waals surface area contributed by atoms with Gasteiger partial charge < -0.3 is 4.90 Å². The van der Waals surface area contributed by atoms with E-state index in [9.17, 15) is 23.8 Å². The van der Waals surface area contributed by atoms with Gasteiger partial charge in [-0.2, -0.15) is 9.57 Å². The van der Waals surface area contributed by atoms with Crippen molar-refractivity contribution in [1.82, 2.24) is 9.29 Å². The van der Waals surface area contributed by atoms with Crippen LogP contribution in [0.4, 0.5) is 11.5 Å². The van der Waals surface area contributed by atoms with Gasteiger partial charge in [-0.1, -0.05) is 6.07 Å². The zero-order chi connectivity index (χ0) is 18.7. The van der Waals surface area contributed by atoms with Gasteiger partial charge in [0.1, 0.15) is 11.9 Å². The van der Waals surface area contributed by atoms with Crippen molar-refractivity contribution in [2.75, 3.05) is 31.1 Å². The predicted molar refractivity (Wildman–Crippen MR) is 93.0 cm³/mol. The quantitative estimate of drug-likeness (QED) is 0.586. The molecule has 1 aliphatic rings. The van der Waals surface area contributed by atoms with Crippen molar-refractivity contribution in [3.8, 4) is 6.07 Å². The number of anilines is 1. The van der Waals surface area contributed by atoms with E-state index >= 15 is 0 Å². The Morgan fingerprint density at radius 2 is 1.88 bits per heavy atom. The number of nitriles is 1. The van der Waals surface area contributed by atoms with Crippen molar-refractivity contribution in [1.29, 1.82) is 5.26 Å². The minimum Gasteiger partial charge on any atom is -0.353 e. The second kappa shape index (κ2) is 7.07. The summed E-state index contributed by atoms with van der Waals surface area (Å²) in [6.07, 6.45) is 1.59. The summed E-state index contributed by atoms with van der Waals surface area (Å²) in [6, 6.07) is 10.4. The number of piperazine rings is 1. The molecule has 0 spiro atoms. The number of sulfonamides is 1. The highest BCUT2D eigenvalue weighted by atomic mass is 32.2. The van der Waals surface area contributed by atoms with E-state index in [-0.39, 0.29) is 23.7 Å². The summed E-state index contributed by atoms with van der Waals surface area (Å²) in [4.78, 5) is 16.2. The lowest BCUT2D eigenvalue weighted by Gasteiger charge is -2.34. The van der Waals surface area contributed by atoms with Gasteiger partial charge in [-0.15, -0.1) is 0 Å². The number of nitro benzene ring substituents is 1. The van der Waals surface area contributed by atoms with E-state index in [0.29, 0.717) is 24.5 Å². The molecule has 0 unspecified atom stereocenters. The molecule has 0 bridgehead atoms. The number of hydrogen-bond donors (Lipinski definition) is 0. The first-order valence-electron chi connectivity index (χ1n) is 7.78. The highest BCUT2D eigenvalue weighted by Gasteiger charge is 2.30. The van der Waals surface area contributed by atoms with Crippen LogP contribution in [0, 0.1) is 21.4 Å². The van der Waals surface area contributed by atoms with Crippen molar-refractivity contribution >= 4 is 21.5 Å². The monoisotopic (exact) mass is 373 g/mol. The molecule has 0 atom stereocenters. The molecule has 9 nitrogen and oxygen atoms in total. The molecule has 0 amide bonds. The Labute approximate surface area is 150 Å². The highest BCUT2D eigenvalue weighted by molar-refractivity contribution is 7.89. The molecule has 26 heavy (non-hydrogen) atoms. The fourth-order valence-electron chi connectivity index (χ4n) is 2.78. The average Bonchev–Trinajstić information content (AvgIpc) is 2.68. The van der Waals surface area contributed by atoms with Gasteiger partial charge >= 0.3 is 0 Å². The average molecular weight is 373 g/mol. The van der Waals surface area contributed by atoms with E-state index in [1.165, 1.54) is 22.5 Å². The van der Waals surface area contributed by atoms with Crippen molar-refractivity contribution in [2.45, 2.75) is 4.90 Å². The van der Waals surface area contributed by atoms with E-state index in [1.54, 1.807) is 18.3 Å². The van der Waals surface area contributed by atoms with E-state index in [4.69, 9.17) is 0 Å². The molecule has 134 valence electrons. The number of rotatable bonds is 4. The highest BCUT2D eigenvalue weighted by Crippen LogP contribution is 2.24. The standard InChI is InChI=1S/C16H15N5O4S/c17-12-13-3-2-6-18-16(13)19-7-9-20(10-8-19)26(24,25)15-5-1-4-14(11-15)21(22)23/h1-6,11H,7-10H2. The molecule has 0 N–H and O–H groups in total. The predicted octanol–water partition coefficient (Wildman–Crippen LogP) is 1.37. The molecule has 2 heterocycles. The van der Waals surface area contributed by atoms with Crippen LogP contribution in [0.25, 0.3) is 0 Å². The maximum Gasteiger partial charge on any atom is 0.270 e. The van der Waals surface area contributed by atoms with Gasteiger partial charge in [-0.3, -0.25) is 10.1 Å². The topological polar surface area (TPSA) is 120 Å². The number of pyridine rings is 1. The van der Waals surface area contributed by atoms with E-state index in [1.807, 2.05) is 4.90 Å². The molecule has 10 heteroatoms. The maximum absolute atomic E-state index is 12.7. The third-order valence-corrected chi connectivity index (χ3v) is 6.01. The number of non-ortho nitro benzene ring substituents is 1. The number of benzene rings is 1. The molecule has 1 aliphatic heterocycles. The number of aromatic nitrogens is 1. The second-order valence-corrected chi connectivity index (χ2v) is 7.57. The molecular weight excluding hydrogens is 358 g/mol. The van der Waals surface area contributed by atoms with E-state index in [0.717, 1.165) is 6.07 Å². The summed E-state index contributed by atoms with van der Waals surface area (Å²) in [5, 5.41) is 20.0. The molecule has 0 saturated carbocycles. The Kier molecular flexibility index (Phi) is 4.83. The minimum atomic E-state index is -3.82. The zero-order valence-corrected chi connectivity index (χ0v) is 14.5. The van der Waals surface area contributed by atoms with Gasteiger partial charge in [0.05, 0.1) is 15.4 Å². The lowest BCUT2D eigenvalue weighted by Crippen LogP contribution is -2.49. The van der Waals surface area contributed by atoms with Gasteiger partial charge in [0.25, 0.3) is 5.69 Å². The lowest BCUT2D eigenvalue weighted by molar-refractivity contribution is -0.385. The summed E-state index contributed by atoms with van der Waals surface area (Å²) in [5.74, 6) is 0.530. The molecule has 1 aromatic carbocycles. The summed E-state index contributed by atoms with van der Waals surface area (Å²) in [5.41, 5.74) is 0.166. The fraction of sp³-hybridized carbons (Fsp3) is 0.250. The largest absolute Gasteiger partial charge is 0.353 e. The molecule has 1 saturated heterocycles. The smallest absolute Gasteiger partial charge is 0.270 e.